The summed E-state index contributed by atoms with van der Waals surface area (Å²) in [4.78, 5) is 26.8. The maximum Gasteiger partial charge on any atom is 0.422 e. The van der Waals surface area contributed by atoms with Crippen molar-refractivity contribution in [1.82, 2.24) is 25.1 Å². The van der Waals surface area contributed by atoms with Crippen LogP contribution in [0.15, 0.2) is 31.0 Å². The third kappa shape index (κ3) is 6.59. The maximum atomic E-state index is 13.9. The Morgan fingerprint density at radius 1 is 1.10 bits per heavy atom. The molecular weight excluding hydrogens is 649 g/mol. The van der Waals surface area contributed by atoms with E-state index in [-0.39, 0.29) is 23.2 Å². The largest absolute Gasteiger partial charge is 0.481 e. The molecular formula is C37H43F3N6O4. The van der Waals surface area contributed by atoms with Gasteiger partial charge in [0, 0.05) is 67.1 Å². The lowest BCUT2D eigenvalue weighted by molar-refractivity contribution is -0.153. The lowest BCUT2D eigenvalue weighted by Gasteiger charge is -2.53. The number of fused-ring (bicyclic) bond motifs is 2. The predicted molar refractivity (Wildman–Crippen MR) is 185 cm³/mol. The molecule has 2 aromatic carbocycles. The van der Waals surface area contributed by atoms with Crippen LogP contribution in [0.4, 0.5) is 23.8 Å². The van der Waals surface area contributed by atoms with Crippen LogP contribution in [0.3, 0.4) is 0 Å². The molecule has 3 aliphatic rings. The molecule has 5 heterocycles. The van der Waals surface area contributed by atoms with E-state index in [0.29, 0.717) is 91.5 Å². The van der Waals surface area contributed by atoms with E-state index < -0.39 is 18.4 Å². The molecule has 1 N–H and O–H groups in total. The number of carbonyl (C=O) groups excluding carboxylic acids is 1. The zero-order valence-electron chi connectivity index (χ0n) is 29.0. The van der Waals surface area contributed by atoms with E-state index in [1.807, 2.05) is 45.9 Å². The van der Waals surface area contributed by atoms with Crippen LogP contribution in [0, 0.1) is 12.3 Å². The average molecular weight is 693 g/mol. The van der Waals surface area contributed by atoms with Crippen molar-refractivity contribution in [2.24, 2.45) is 5.41 Å². The number of aromatic nitrogens is 4. The molecule has 266 valence electrons. The number of likely N-dealkylation sites (tertiary alicyclic amines) is 1. The summed E-state index contributed by atoms with van der Waals surface area (Å²) in [5.74, 6) is 1.26. The Kier molecular flexibility index (Phi) is 8.68. The second kappa shape index (κ2) is 12.7. The Hall–Kier alpha value is -4.39. The Balaban J connectivity index is 1.34. The zero-order chi connectivity index (χ0) is 35.4. The fourth-order valence-electron chi connectivity index (χ4n) is 7.54. The number of hydrogen-bond donors (Lipinski definition) is 1. The first-order chi connectivity index (χ1) is 23.7. The molecule has 50 heavy (non-hydrogen) atoms. The third-order valence-electron chi connectivity index (χ3n) is 10.1. The fourth-order valence-corrected chi connectivity index (χ4v) is 7.54. The van der Waals surface area contributed by atoms with Gasteiger partial charge >= 0.3 is 12.3 Å². The van der Waals surface area contributed by atoms with Crippen LogP contribution in [0.1, 0.15) is 69.3 Å². The summed E-state index contributed by atoms with van der Waals surface area (Å²) < 4.78 is 58.7. The second-order valence-electron chi connectivity index (χ2n) is 14.9. The standard InChI is InChI=1S/C37H43F3N6O4/c1-6-23-17-25-30(31(49-21-37(38,39)40)29(23)28-22(2)7-8-27-26(28)18-41-44-27)42-32(24-9-15-48-16-10-24)43-33(25)45-13-11-36(12-14-45)19-46(20-36)34(47)50-35(3,4)5/h6-8,17-18,24H,1,9-16,19-21H2,2-5H3,(H,41,44). The van der Waals surface area contributed by atoms with E-state index >= 15 is 0 Å². The molecule has 0 radical (unpaired) electrons. The first-order valence-corrected chi connectivity index (χ1v) is 17.2. The highest BCUT2D eigenvalue weighted by atomic mass is 19.4. The van der Waals surface area contributed by atoms with Crippen molar-refractivity contribution in [3.05, 3.63) is 47.9 Å². The molecule has 0 unspecified atom stereocenters. The van der Waals surface area contributed by atoms with Gasteiger partial charge in [-0.15, -0.1) is 0 Å². The topological polar surface area (TPSA) is 106 Å². The number of halogens is 3. The van der Waals surface area contributed by atoms with Gasteiger partial charge in [0.2, 0.25) is 0 Å². The van der Waals surface area contributed by atoms with Crippen molar-refractivity contribution in [3.8, 4) is 16.9 Å². The SMILES string of the molecule is C=Cc1cc2c(N3CCC4(CC3)CN(C(=O)OC(C)(C)C)C4)nc(C3CCOCC3)nc2c(OCC(F)(F)F)c1-c1c(C)ccc2[nH]ncc12. The molecule has 2 aromatic heterocycles. The molecule has 3 aliphatic heterocycles. The summed E-state index contributed by atoms with van der Waals surface area (Å²) in [6.07, 6.45) is 1.52. The Morgan fingerprint density at radius 2 is 1.82 bits per heavy atom. The van der Waals surface area contributed by atoms with Crippen LogP contribution in [0.2, 0.25) is 0 Å². The number of carbonyl (C=O) groups is 1. The summed E-state index contributed by atoms with van der Waals surface area (Å²) in [5.41, 5.74) is 3.15. The lowest BCUT2D eigenvalue weighted by atomic mass is 9.72. The number of nitrogens with one attached hydrogen (secondary N) is 1. The van der Waals surface area contributed by atoms with Crippen molar-refractivity contribution >= 4 is 39.8 Å². The van der Waals surface area contributed by atoms with Gasteiger partial charge in [0.25, 0.3) is 0 Å². The average Bonchev–Trinajstić information content (AvgIpc) is 3.53. The number of anilines is 1. The molecule has 10 nitrogen and oxygen atoms in total. The molecule has 13 heteroatoms. The number of aryl methyl sites for hydroxylation is 1. The molecule has 0 saturated carbocycles. The van der Waals surface area contributed by atoms with E-state index in [2.05, 4.69) is 21.7 Å². The van der Waals surface area contributed by atoms with Gasteiger partial charge in [0.15, 0.2) is 12.4 Å². The molecule has 4 aromatic rings. The predicted octanol–water partition coefficient (Wildman–Crippen LogP) is 7.80. The number of H-pyrrole nitrogens is 1. The minimum atomic E-state index is -4.58. The number of amides is 1. The molecule has 0 atom stereocenters. The van der Waals surface area contributed by atoms with E-state index in [4.69, 9.17) is 24.2 Å². The van der Waals surface area contributed by atoms with Gasteiger partial charge in [-0.2, -0.15) is 18.3 Å². The lowest BCUT2D eigenvalue weighted by Crippen LogP contribution is -2.62. The van der Waals surface area contributed by atoms with Crippen molar-refractivity contribution < 1.29 is 32.2 Å². The molecule has 1 spiro atoms. The Bertz CT molecular complexity index is 1930. The number of nitrogens with zero attached hydrogens (tertiary/aromatic N) is 5. The number of ether oxygens (including phenoxy) is 3. The minimum Gasteiger partial charge on any atom is -0.481 e. The summed E-state index contributed by atoms with van der Waals surface area (Å²) >= 11 is 0. The van der Waals surface area contributed by atoms with Crippen LogP contribution in [0.25, 0.3) is 39.0 Å². The van der Waals surface area contributed by atoms with Gasteiger partial charge in [0.1, 0.15) is 22.8 Å². The molecule has 3 fully saturated rings. The molecule has 3 saturated heterocycles. The summed E-state index contributed by atoms with van der Waals surface area (Å²) in [5, 5.41) is 8.56. The third-order valence-corrected chi connectivity index (χ3v) is 10.1. The van der Waals surface area contributed by atoms with Crippen LogP contribution in [-0.2, 0) is 9.47 Å². The zero-order valence-corrected chi connectivity index (χ0v) is 29.0. The summed E-state index contributed by atoms with van der Waals surface area (Å²) in [7, 11) is 0. The highest BCUT2D eigenvalue weighted by molar-refractivity contribution is 6.07. The second-order valence-corrected chi connectivity index (χ2v) is 14.9. The number of alkyl halides is 3. The minimum absolute atomic E-state index is 0.0129. The first kappa shape index (κ1) is 34.1. The van der Waals surface area contributed by atoms with Gasteiger partial charge in [-0.05, 0) is 82.2 Å². The Labute approximate surface area is 289 Å². The summed E-state index contributed by atoms with van der Waals surface area (Å²) in [6.45, 7) is 13.8. The molecule has 7 rings (SSSR count). The highest BCUT2D eigenvalue weighted by Gasteiger charge is 2.48. The fraction of sp³-hybridized carbons (Fsp3) is 0.514. The van der Waals surface area contributed by atoms with E-state index in [1.54, 1.807) is 17.2 Å². The quantitative estimate of drug-likeness (QED) is 0.218. The van der Waals surface area contributed by atoms with Crippen molar-refractivity contribution in [2.45, 2.75) is 71.1 Å². The van der Waals surface area contributed by atoms with Crippen LogP contribution >= 0.6 is 0 Å². The number of hydrogen-bond acceptors (Lipinski definition) is 8. The number of aromatic amines is 1. The van der Waals surface area contributed by atoms with Crippen molar-refractivity contribution in [1.29, 1.82) is 0 Å². The number of piperidine rings is 1. The monoisotopic (exact) mass is 692 g/mol. The molecule has 1 amide bonds. The van der Waals surface area contributed by atoms with Gasteiger partial charge in [-0.1, -0.05) is 18.7 Å². The number of rotatable bonds is 6. The van der Waals surface area contributed by atoms with Gasteiger partial charge < -0.3 is 24.0 Å². The summed E-state index contributed by atoms with van der Waals surface area (Å²) in [6, 6.07) is 5.73. The van der Waals surface area contributed by atoms with Gasteiger partial charge in [-0.3, -0.25) is 5.10 Å². The highest BCUT2D eigenvalue weighted by Crippen LogP contribution is 2.48. The van der Waals surface area contributed by atoms with Gasteiger partial charge in [0.05, 0.1) is 11.7 Å². The van der Waals surface area contributed by atoms with Crippen LogP contribution in [0.5, 0.6) is 5.75 Å². The smallest absolute Gasteiger partial charge is 0.422 e. The van der Waals surface area contributed by atoms with E-state index in [0.717, 1.165) is 29.3 Å². The van der Waals surface area contributed by atoms with Crippen molar-refractivity contribution in [2.75, 3.05) is 50.9 Å². The van der Waals surface area contributed by atoms with E-state index in [9.17, 15) is 18.0 Å². The molecule has 0 aliphatic carbocycles. The Morgan fingerprint density at radius 3 is 2.48 bits per heavy atom. The van der Waals surface area contributed by atoms with E-state index in [1.165, 1.54) is 0 Å². The van der Waals surface area contributed by atoms with Crippen molar-refractivity contribution in [3.63, 3.8) is 0 Å². The number of benzene rings is 2. The van der Waals surface area contributed by atoms with Gasteiger partial charge in [-0.25, -0.2) is 14.8 Å². The van der Waals surface area contributed by atoms with Crippen LogP contribution in [-0.4, -0.2) is 88.9 Å². The molecule has 0 bridgehead atoms. The first-order valence-electron chi connectivity index (χ1n) is 17.2. The normalized spacial score (nSPS) is 18.5. The van der Waals surface area contributed by atoms with Crippen LogP contribution < -0.4 is 9.64 Å². The maximum absolute atomic E-state index is 13.9.